The van der Waals surface area contributed by atoms with Crippen LogP contribution in [0.5, 0.6) is 0 Å². The third-order valence-corrected chi connectivity index (χ3v) is 5.56. The molecule has 2 amide bonds. The molecule has 0 radical (unpaired) electrons. The summed E-state index contributed by atoms with van der Waals surface area (Å²) in [4.78, 5) is 43.7. The zero-order chi connectivity index (χ0) is 22.2. The van der Waals surface area contributed by atoms with E-state index in [0.29, 0.717) is 35.5 Å². The number of hydrogen-bond donors (Lipinski definition) is 1. The van der Waals surface area contributed by atoms with Crippen LogP contribution in [0.4, 0.5) is 5.69 Å². The minimum Gasteiger partial charge on any atom is -0.423 e. The molecule has 1 N–H and O–H groups in total. The minimum atomic E-state index is -0.446. The molecule has 0 bridgehead atoms. The summed E-state index contributed by atoms with van der Waals surface area (Å²) >= 11 is 0. The molecule has 2 aromatic heterocycles. The molecule has 0 unspecified atom stereocenters. The van der Waals surface area contributed by atoms with Gasteiger partial charge in [-0.25, -0.2) is 4.79 Å². The number of carbonyl (C=O) groups excluding carboxylic acids is 2. The standard InChI is InChI=1S/C25H19N3O4/c1-15-10-22(29)32-21-11-18(7-8-19(15)21)27-24(30)20-6-2-5-17-14-28(25(31)23(17)20)13-16-4-3-9-26-12-16/h2-12H,13-14H2,1H3,(H,27,30). The van der Waals surface area contributed by atoms with Gasteiger partial charge in [-0.15, -0.1) is 0 Å². The molecule has 158 valence electrons. The van der Waals surface area contributed by atoms with Gasteiger partial charge in [0.2, 0.25) is 0 Å². The first-order valence-corrected chi connectivity index (χ1v) is 10.2. The monoisotopic (exact) mass is 425 g/mol. The summed E-state index contributed by atoms with van der Waals surface area (Å²) in [6.07, 6.45) is 3.41. The van der Waals surface area contributed by atoms with Crippen molar-refractivity contribution in [2.75, 3.05) is 5.32 Å². The van der Waals surface area contributed by atoms with Crippen LogP contribution in [0.1, 0.15) is 37.4 Å². The number of pyridine rings is 1. The normalized spacial score (nSPS) is 12.8. The minimum absolute atomic E-state index is 0.185. The van der Waals surface area contributed by atoms with Crippen LogP contribution in [0.25, 0.3) is 11.0 Å². The van der Waals surface area contributed by atoms with Gasteiger partial charge in [-0.2, -0.15) is 0 Å². The number of aromatic nitrogens is 1. The molecular weight excluding hydrogens is 406 g/mol. The molecule has 0 saturated carbocycles. The average molecular weight is 425 g/mol. The number of benzene rings is 2. The van der Waals surface area contributed by atoms with Gasteiger partial charge in [-0.05, 0) is 47.9 Å². The number of aryl methyl sites for hydroxylation is 1. The fourth-order valence-corrected chi connectivity index (χ4v) is 4.05. The van der Waals surface area contributed by atoms with Gasteiger partial charge in [0.25, 0.3) is 11.8 Å². The SMILES string of the molecule is Cc1cc(=O)oc2cc(NC(=O)c3cccc4c3C(=O)N(Cc3cccnc3)C4)ccc12. The lowest BCUT2D eigenvalue weighted by atomic mass is 10.0. The molecule has 5 rings (SSSR count). The maximum Gasteiger partial charge on any atom is 0.336 e. The van der Waals surface area contributed by atoms with E-state index in [9.17, 15) is 14.4 Å². The quantitative estimate of drug-likeness (QED) is 0.501. The molecule has 3 heterocycles. The second-order valence-electron chi connectivity index (χ2n) is 7.78. The predicted molar refractivity (Wildman–Crippen MR) is 119 cm³/mol. The van der Waals surface area contributed by atoms with Crippen LogP contribution in [0, 0.1) is 6.92 Å². The van der Waals surface area contributed by atoms with Crippen LogP contribution in [0.2, 0.25) is 0 Å². The number of fused-ring (bicyclic) bond motifs is 2. The van der Waals surface area contributed by atoms with Crippen LogP contribution in [0.15, 0.2) is 76.2 Å². The highest BCUT2D eigenvalue weighted by Gasteiger charge is 2.31. The summed E-state index contributed by atoms with van der Waals surface area (Å²) in [6, 6.07) is 15.6. The highest BCUT2D eigenvalue weighted by molar-refractivity contribution is 6.14. The first kappa shape index (κ1) is 19.7. The van der Waals surface area contributed by atoms with E-state index in [0.717, 1.165) is 22.1 Å². The van der Waals surface area contributed by atoms with E-state index in [1.807, 2.05) is 25.1 Å². The van der Waals surface area contributed by atoms with Gasteiger partial charge < -0.3 is 14.6 Å². The van der Waals surface area contributed by atoms with Gasteiger partial charge in [0.15, 0.2) is 0 Å². The number of carbonyl (C=O) groups is 2. The van der Waals surface area contributed by atoms with Crippen LogP contribution in [-0.4, -0.2) is 21.7 Å². The molecule has 0 fully saturated rings. The van der Waals surface area contributed by atoms with Gasteiger partial charge in [0.05, 0.1) is 11.1 Å². The zero-order valence-corrected chi connectivity index (χ0v) is 17.3. The third-order valence-electron chi connectivity index (χ3n) is 5.56. The van der Waals surface area contributed by atoms with Crippen molar-refractivity contribution in [2.45, 2.75) is 20.0 Å². The summed E-state index contributed by atoms with van der Waals surface area (Å²) in [5, 5.41) is 3.62. The van der Waals surface area contributed by atoms with Crippen molar-refractivity contribution in [1.82, 2.24) is 9.88 Å². The number of hydrogen-bond acceptors (Lipinski definition) is 5. The van der Waals surface area contributed by atoms with Gasteiger partial charge in [0.1, 0.15) is 5.58 Å². The maximum absolute atomic E-state index is 13.1. The van der Waals surface area contributed by atoms with Gasteiger partial charge >= 0.3 is 5.63 Å². The molecule has 0 saturated heterocycles. The molecule has 7 heteroatoms. The Morgan fingerprint density at radius 1 is 1.12 bits per heavy atom. The van der Waals surface area contributed by atoms with Crippen molar-refractivity contribution < 1.29 is 14.0 Å². The Bertz CT molecular complexity index is 1430. The molecular formula is C25H19N3O4. The average Bonchev–Trinajstić information content (AvgIpc) is 3.09. The van der Waals surface area contributed by atoms with Crippen LogP contribution in [-0.2, 0) is 13.1 Å². The fraction of sp³-hybridized carbons (Fsp3) is 0.120. The van der Waals surface area contributed by atoms with E-state index in [4.69, 9.17) is 4.42 Å². The molecule has 0 atom stereocenters. The van der Waals surface area contributed by atoms with Crippen molar-refractivity contribution in [3.05, 3.63) is 105 Å². The Kier molecular flexibility index (Phi) is 4.78. The lowest BCUT2D eigenvalue weighted by Crippen LogP contribution is -2.25. The van der Waals surface area contributed by atoms with Crippen LogP contribution in [0.3, 0.4) is 0 Å². The van der Waals surface area contributed by atoms with E-state index in [2.05, 4.69) is 10.3 Å². The predicted octanol–water partition coefficient (Wildman–Crippen LogP) is 3.90. The summed E-state index contributed by atoms with van der Waals surface area (Å²) in [5.41, 5.74) is 3.69. The molecule has 32 heavy (non-hydrogen) atoms. The smallest absolute Gasteiger partial charge is 0.336 e. The van der Waals surface area contributed by atoms with Crippen LogP contribution < -0.4 is 10.9 Å². The van der Waals surface area contributed by atoms with Crippen molar-refractivity contribution in [1.29, 1.82) is 0 Å². The number of nitrogens with one attached hydrogen (secondary N) is 1. The molecule has 1 aliphatic heterocycles. The zero-order valence-electron chi connectivity index (χ0n) is 17.3. The van der Waals surface area contributed by atoms with Gasteiger partial charge in [0, 0.05) is 48.7 Å². The van der Waals surface area contributed by atoms with Crippen molar-refractivity contribution >= 4 is 28.5 Å². The Labute approximate surface area is 183 Å². The lowest BCUT2D eigenvalue weighted by Gasteiger charge is -2.15. The summed E-state index contributed by atoms with van der Waals surface area (Å²) in [5.74, 6) is -0.581. The van der Waals surface area contributed by atoms with E-state index in [1.165, 1.54) is 6.07 Å². The Morgan fingerprint density at radius 3 is 2.81 bits per heavy atom. The first-order chi connectivity index (χ1) is 15.5. The number of anilines is 1. The molecule has 4 aromatic rings. The number of amides is 2. The van der Waals surface area contributed by atoms with Crippen molar-refractivity contribution in [2.24, 2.45) is 0 Å². The Balaban J connectivity index is 1.42. The molecule has 1 aliphatic rings. The van der Waals surface area contributed by atoms with E-state index in [1.54, 1.807) is 47.6 Å². The lowest BCUT2D eigenvalue weighted by molar-refractivity contribution is 0.0763. The van der Waals surface area contributed by atoms with Crippen molar-refractivity contribution in [3.8, 4) is 0 Å². The molecule has 0 aliphatic carbocycles. The number of nitrogens with zero attached hydrogens (tertiary/aromatic N) is 2. The third kappa shape index (κ3) is 3.54. The largest absolute Gasteiger partial charge is 0.423 e. The highest BCUT2D eigenvalue weighted by Crippen LogP contribution is 2.28. The topological polar surface area (TPSA) is 92.5 Å². The summed E-state index contributed by atoms with van der Waals surface area (Å²) in [7, 11) is 0. The second kappa shape index (κ2) is 7.77. The maximum atomic E-state index is 13.1. The van der Waals surface area contributed by atoms with Gasteiger partial charge in [-0.1, -0.05) is 18.2 Å². The fourth-order valence-electron chi connectivity index (χ4n) is 4.05. The van der Waals surface area contributed by atoms with E-state index < -0.39 is 11.5 Å². The van der Waals surface area contributed by atoms with Crippen LogP contribution >= 0.6 is 0 Å². The van der Waals surface area contributed by atoms with Gasteiger partial charge in [-0.3, -0.25) is 14.6 Å². The van der Waals surface area contributed by atoms with Crippen molar-refractivity contribution in [3.63, 3.8) is 0 Å². The number of rotatable bonds is 4. The second-order valence-corrected chi connectivity index (χ2v) is 7.78. The Hall–Kier alpha value is -4.26. The van der Waals surface area contributed by atoms with E-state index >= 15 is 0 Å². The van der Waals surface area contributed by atoms with E-state index in [-0.39, 0.29) is 5.91 Å². The summed E-state index contributed by atoms with van der Waals surface area (Å²) < 4.78 is 5.26. The molecule has 7 nitrogen and oxygen atoms in total. The highest BCUT2D eigenvalue weighted by atomic mass is 16.4. The summed E-state index contributed by atoms with van der Waals surface area (Å²) in [6.45, 7) is 2.68. The molecule has 2 aromatic carbocycles. The Morgan fingerprint density at radius 2 is 2.00 bits per heavy atom. The molecule has 0 spiro atoms. The first-order valence-electron chi connectivity index (χ1n) is 10.2.